The Balaban J connectivity index is 2.21. The molecular formula is C13H17N3O2. The van der Waals surface area contributed by atoms with Crippen molar-refractivity contribution in [3.8, 4) is 0 Å². The maximum Gasteiger partial charge on any atom is 0.253 e. The minimum atomic E-state index is -0.0175. The van der Waals surface area contributed by atoms with Crippen LogP contribution in [-0.2, 0) is 4.74 Å². The summed E-state index contributed by atoms with van der Waals surface area (Å²) < 4.78 is 5.06. The summed E-state index contributed by atoms with van der Waals surface area (Å²) in [6.07, 6.45) is 1.74. The van der Waals surface area contributed by atoms with Gasteiger partial charge in [0.05, 0.1) is 24.4 Å². The molecule has 18 heavy (non-hydrogen) atoms. The summed E-state index contributed by atoms with van der Waals surface area (Å²) in [5, 5.41) is 7.80. The van der Waals surface area contributed by atoms with Crippen LogP contribution in [0.5, 0.6) is 0 Å². The number of amides is 1. The number of aromatic amines is 1. The molecule has 0 radical (unpaired) electrons. The normalized spacial score (nSPS) is 12.6. The Hall–Kier alpha value is -1.88. The van der Waals surface area contributed by atoms with Crippen molar-refractivity contribution in [2.75, 3.05) is 20.8 Å². The zero-order chi connectivity index (χ0) is 13.1. The minimum absolute atomic E-state index is 0.0175. The van der Waals surface area contributed by atoms with Crippen LogP contribution in [0.15, 0.2) is 24.4 Å². The fraction of sp³-hybridized carbons (Fsp3) is 0.385. The predicted molar refractivity (Wildman–Crippen MR) is 69.5 cm³/mol. The second-order valence-electron chi connectivity index (χ2n) is 4.39. The van der Waals surface area contributed by atoms with Crippen molar-refractivity contribution < 1.29 is 9.53 Å². The molecule has 0 saturated carbocycles. The topological polar surface area (TPSA) is 58.2 Å². The molecule has 5 nitrogen and oxygen atoms in total. The number of H-pyrrole nitrogens is 1. The molecule has 0 aliphatic carbocycles. The lowest BCUT2D eigenvalue weighted by atomic mass is 10.1. The van der Waals surface area contributed by atoms with E-state index >= 15 is 0 Å². The summed E-state index contributed by atoms with van der Waals surface area (Å²) in [7, 11) is 3.41. The monoisotopic (exact) mass is 247 g/mol. The second-order valence-corrected chi connectivity index (χ2v) is 4.39. The molecule has 0 bridgehead atoms. The number of aromatic nitrogens is 2. The number of fused-ring (bicyclic) bond motifs is 1. The van der Waals surface area contributed by atoms with E-state index < -0.39 is 0 Å². The summed E-state index contributed by atoms with van der Waals surface area (Å²) in [4.78, 5) is 13.9. The minimum Gasteiger partial charge on any atom is -0.383 e. The van der Waals surface area contributed by atoms with Crippen LogP contribution in [0.1, 0.15) is 17.3 Å². The van der Waals surface area contributed by atoms with E-state index in [0.29, 0.717) is 12.2 Å². The first-order valence-corrected chi connectivity index (χ1v) is 5.82. The first-order chi connectivity index (χ1) is 8.63. The zero-order valence-electron chi connectivity index (χ0n) is 10.8. The largest absolute Gasteiger partial charge is 0.383 e. The molecule has 5 heteroatoms. The van der Waals surface area contributed by atoms with E-state index in [1.54, 1.807) is 25.3 Å². The third-order valence-electron chi connectivity index (χ3n) is 3.08. The average Bonchev–Trinajstić information content (AvgIpc) is 2.84. The zero-order valence-corrected chi connectivity index (χ0v) is 10.8. The fourth-order valence-electron chi connectivity index (χ4n) is 1.83. The molecule has 1 amide bonds. The van der Waals surface area contributed by atoms with Crippen LogP contribution < -0.4 is 0 Å². The Labute approximate surface area is 106 Å². The SMILES string of the molecule is COCC(C)N(C)C(=O)c1ccc2cn[nH]c2c1. The van der Waals surface area contributed by atoms with Crippen LogP contribution in [-0.4, -0.2) is 47.8 Å². The standard InChI is InChI=1S/C13H17N3O2/c1-9(8-18-3)16(2)13(17)10-4-5-11-7-14-15-12(11)6-10/h4-7,9H,8H2,1-3H3,(H,14,15). The van der Waals surface area contributed by atoms with E-state index in [9.17, 15) is 4.79 Å². The first-order valence-electron chi connectivity index (χ1n) is 5.82. The van der Waals surface area contributed by atoms with Crippen molar-refractivity contribution >= 4 is 16.8 Å². The molecule has 2 rings (SSSR count). The Bertz CT molecular complexity index is 550. The van der Waals surface area contributed by atoms with Crippen LogP contribution in [0.25, 0.3) is 10.9 Å². The second kappa shape index (κ2) is 5.18. The molecule has 0 saturated heterocycles. The smallest absolute Gasteiger partial charge is 0.253 e. The molecule has 1 heterocycles. The van der Waals surface area contributed by atoms with Gasteiger partial charge in [-0.15, -0.1) is 0 Å². The van der Waals surface area contributed by atoms with Gasteiger partial charge in [0, 0.05) is 25.1 Å². The van der Waals surface area contributed by atoms with Crippen LogP contribution in [0.2, 0.25) is 0 Å². The van der Waals surface area contributed by atoms with Crippen molar-refractivity contribution in [2.24, 2.45) is 0 Å². The molecule has 0 spiro atoms. The molecule has 2 aromatic rings. The van der Waals surface area contributed by atoms with E-state index in [0.717, 1.165) is 10.9 Å². The Morgan fingerprint density at radius 3 is 3.06 bits per heavy atom. The number of likely N-dealkylation sites (N-methyl/N-ethyl adjacent to an activating group) is 1. The molecule has 1 aromatic heterocycles. The van der Waals surface area contributed by atoms with E-state index in [1.165, 1.54) is 0 Å². The van der Waals surface area contributed by atoms with Crippen LogP contribution >= 0.6 is 0 Å². The van der Waals surface area contributed by atoms with Gasteiger partial charge in [0.15, 0.2) is 0 Å². The van der Waals surface area contributed by atoms with Crippen molar-refractivity contribution in [3.05, 3.63) is 30.0 Å². The van der Waals surface area contributed by atoms with Crippen molar-refractivity contribution in [3.63, 3.8) is 0 Å². The van der Waals surface area contributed by atoms with Gasteiger partial charge in [-0.1, -0.05) is 6.07 Å². The number of carbonyl (C=O) groups excluding carboxylic acids is 1. The molecule has 1 aromatic carbocycles. The number of ether oxygens (including phenoxy) is 1. The van der Waals surface area contributed by atoms with Gasteiger partial charge in [-0.3, -0.25) is 9.89 Å². The van der Waals surface area contributed by atoms with Crippen molar-refractivity contribution in [1.29, 1.82) is 0 Å². The van der Waals surface area contributed by atoms with E-state index in [4.69, 9.17) is 4.74 Å². The highest BCUT2D eigenvalue weighted by Crippen LogP contribution is 2.14. The number of hydrogen-bond donors (Lipinski definition) is 1. The molecular weight excluding hydrogens is 230 g/mol. The number of carbonyl (C=O) groups is 1. The van der Waals surface area contributed by atoms with E-state index in [1.807, 2.05) is 25.1 Å². The number of rotatable bonds is 4. The van der Waals surface area contributed by atoms with Crippen molar-refractivity contribution in [2.45, 2.75) is 13.0 Å². The summed E-state index contributed by atoms with van der Waals surface area (Å²) >= 11 is 0. The predicted octanol–water partition coefficient (Wildman–Crippen LogP) is 1.67. The van der Waals surface area contributed by atoms with Crippen LogP contribution in [0.3, 0.4) is 0 Å². The summed E-state index contributed by atoms with van der Waals surface area (Å²) in [5.74, 6) is -0.0175. The molecule has 0 fully saturated rings. The first kappa shape index (κ1) is 12.6. The van der Waals surface area contributed by atoms with Gasteiger partial charge in [0.1, 0.15) is 0 Å². The molecule has 96 valence electrons. The fourth-order valence-corrected chi connectivity index (χ4v) is 1.83. The Kier molecular flexibility index (Phi) is 3.62. The highest BCUT2D eigenvalue weighted by Gasteiger charge is 2.17. The number of nitrogens with zero attached hydrogens (tertiary/aromatic N) is 2. The maximum atomic E-state index is 12.3. The van der Waals surface area contributed by atoms with Gasteiger partial charge in [-0.05, 0) is 19.1 Å². The lowest BCUT2D eigenvalue weighted by molar-refractivity contribution is 0.0633. The summed E-state index contributed by atoms with van der Waals surface area (Å²) in [6, 6.07) is 5.57. The van der Waals surface area contributed by atoms with Gasteiger partial charge in [0.25, 0.3) is 5.91 Å². The number of benzene rings is 1. The molecule has 0 aliphatic heterocycles. The highest BCUT2D eigenvalue weighted by atomic mass is 16.5. The molecule has 1 unspecified atom stereocenters. The number of nitrogens with one attached hydrogen (secondary N) is 1. The maximum absolute atomic E-state index is 12.3. The lowest BCUT2D eigenvalue weighted by Crippen LogP contribution is -2.37. The highest BCUT2D eigenvalue weighted by molar-refractivity contribution is 5.97. The third-order valence-corrected chi connectivity index (χ3v) is 3.08. The van der Waals surface area contributed by atoms with Gasteiger partial charge in [-0.25, -0.2) is 0 Å². The van der Waals surface area contributed by atoms with Crippen LogP contribution in [0.4, 0.5) is 0 Å². The van der Waals surface area contributed by atoms with Gasteiger partial charge in [-0.2, -0.15) is 5.10 Å². The van der Waals surface area contributed by atoms with Gasteiger partial charge < -0.3 is 9.64 Å². The summed E-state index contributed by atoms with van der Waals surface area (Å²) in [6.45, 7) is 2.48. The summed E-state index contributed by atoms with van der Waals surface area (Å²) in [5.41, 5.74) is 1.52. The van der Waals surface area contributed by atoms with Crippen molar-refractivity contribution in [1.82, 2.24) is 15.1 Å². The molecule has 0 aliphatic rings. The van der Waals surface area contributed by atoms with E-state index in [2.05, 4.69) is 10.2 Å². The molecule has 1 N–H and O–H groups in total. The molecule has 1 atom stereocenters. The Morgan fingerprint density at radius 1 is 1.56 bits per heavy atom. The van der Waals surface area contributed by atoms with E-state index in [-0.39, 0.29) is 11.9 Å². The Morgan fingerprint density at radius 2 is 2.33 bits per heavy atom. The van der Waals surface area contributed by atoms with Gasteiger partial charge in [0.2, 0.25) is 0 Å². The average molecular weight is 247 g/mol. The number of methoxy groups -OCH3 is 1. The van der Waals surface area contributed by atoms with Crippen LogP contribution in [0, 0.1) is 0 Å². The quantitative estimate of drug-likeness (QED) is 0.894. The lowest BCUT2D eigenvalue weighted by Gasteiger charge is -2.24. The number of hydrogen-bond acceptors (Lipinski definition) is 3. The van der Waals surface area contributed by atoms with Gasteiger partial charge >= 0.3 is 0 Å². The third kappa shape index (κ3) is 2.36.